The lowest BCUT2D eigenvalue weighted by molar-refractivity contribution is -0.146. The van der Waals surface area contributed by atoms with Crippen LogP contribution in [0.1, 0.15) is 76.4 Å². The van der Waals surface area contributed by atoms with Gasteiger partial charge in [0, 0.05) is 37.7 Å². The quantitative estimate of drug-likeness (QED) is 0.147. The van der Waals surface area contributed by atoms with Crippen LogP contribution in [0.15, 0.2) is 48.9 Å². The molecule has 5 N–H and O–H groups in total. The van der Waals surface area contributed by atoms with E-state index in [1.807, 2.05) is 0 Å². The molecule has 1 aliphatic heterocycles. The zero-order valence-corrected chi connectivity index (χ0v) is 31.5. The molecule has 2 heterocycles. The average Bonchev–Trinajstić information content (AvgIpc) is 3.68. The summed E-state index contributed by atoms with van der Waals surface area (Å²) < 4.78 is 30.4. The number of halogens is 2. The summed E-state index contributed by atoms with van der Waals surface area (Å²) in [7, 11) is 0. The maximum absolute atomic E-state index is 15.2. The van der Waals surface area contributed by atoms with Crippen molar-refractivity contribution in [2.24, 2.45) is 23.7 Å². The third-order valence-corrected chi connectivity index (χ3v) is 10.1. The van der Waals surface area contributed by atoms with Gasteiger partial charge in [0.1, 0.15) is 29.9 Å². The molecule has 2 unspecified atom stereocenters. The molecule has 1 aromatic carbocycles. The van der Waals surface area contributed by atoms with E-state index in [0.29, 0.717) is 12.0 Å². The molecule has 298 valence electrons. The van der Waals surface area contributed by atoms with Crippen LogP contribution >= 0.6 is 0 Å². The summed E-state index contributed by atoms with van der Waals surface area (Å²) in [6.45, 7) is 7.80. The predicted molar refractivity (Wildman–Crippen MR) is 193 cm³/mol. The highest BCUT2D eigenvalue weighted by Crippen LogP contribution is 2.51. The normalized spacial score (nSPS) is 20.8. The van der Waals surface area contributed by atoms with Crippen LogP contribution < -0.4 is 21.3 Å². The van der Waals surface area contributed by atoms with Crippen LogP contribution in [-0.4, -0.2) is 104 Å². The van der Waals surface area contributed by atoms with Gasteiger partial charge in [0.15, 0.2) is 0 Å². The number of nitrogens with zero attached hydrogens (tertiary/aromatic N) is 3. The fraction of sp³-hybridized carbons (Fsp3) is 0.553. The number of carboxylic acid groups (broad SMARTS) is 1. The first-order valence-corrected chi connectivity index (χ1v) is 18.4. The number of nitrogens with one attached hydrogen (secondary N) is 4. The summed E-state index contributed by atoms with van der Waals surface area (Å²) in [5, 5.41) is 19.7. The first kappa shape index (κ1) is 42.4. The van der Waals surface area contributed by atoms with Gasteiger partial charge >= 0.3 is 5.97 Å². The number of carboxylic acids is 1. The molecule has 2 aromatic rings. The van der Waals surface area contributed by atoms with Gasteiger partial charge in [0.05, 0.1) is 12.2 Å². The Labute approximate surface area is 317 Å². The maximum atomic E-state index is 15.2. The van der Waals surface area contributed by atoms with Crippen LogP contribution in [0.5, 0.6) is 0 Å². The number of rotatable bonds is 17. The standard InChI is InChI=1S/C38H49F2N7O8/c1-6-10-25(31(48)35(52)44-26(37(54)55)17-22-11-8-7-9-12-22)43-34(51)30-23-13-14-38(39,40)24(23)19-47(30)36(53)29(21(4)5)46-33(50)28(20(2)3)45-32(49)27-18-41-15-16-42-27/h7-9,11-12,15-16,18,20-21,23-26,28-30H,6,10,13-14,17,19H2,1-5H3,(H,43,51)(H,44,52)(H,45,49)(H,46,50)(H,54,55)/t23-,24-,25?,26-,28+,29-,30?/m0/s1. The number of fused-ring (bicyclic) bond motifs is 1. The second kappa shape index (κ2) is 18.3. The molecule has 2 aliphatic rings. The largest absolute Gasteiger partial charge is 0.480 e. The number of benzene rings is 1. The number of amides is 5. The Morgan fingerprint density at radius 1 is 0.909 bits per heavy atom. The van der Waals surface area contributed by atoms with E-state index in [-0.39, 0.29) is 25.0 Å². The van der Waals surface area contributed by atoms with Gasteiger partial charge in [-0.3, -0.25) is 33.8 Å². The summed E-state index contributed by atoms with van der Waals surface area (Å²) in [6.07, 6.45) is 3.44. The van der Waals surface area contributed by atoms with E-state index in [0.717, 1.165) is 4.90 Å². The Morgan fingerprint density at radius 2 is 1.58 bits per heavy atom. The Bertz CT molecular complexity index is 1730. The Morgan fingerprint density at radius 3 is 2.16 bits per heavy atom. The number of Topliss-reactive ketones (excluding diaryl/α,β-unsaturated/α-hetero) is 1. The molecule has 0 bridgehead atoms. The van der Waals surface area contributed by atoms with Crippen molar-refractivity contribution >= 4 is 41.3 Å². The lowest BCUT2D eigenvalue weighted by atomic mass is 9.91. The van der Waals surface area contributed by atoms with E-state index in [1.165, 1.54) is 18.6 Å². The van der Waals surface area contributed by atoms with Crippen LogP contribution in [0, 0.1) is 23.7 Å². The Kier molecular flexibility index (Phi) is 14.1. The minimum Gasteiger partial charge on any atom is -0.480 e. The molecule has 4 rings (SSSR count). The predicted octanol–water partition coefficient (Wildman–Crippen LogP) is 1.91. The monoisotopic (exact) mass is 769 g/mol. The molecular weight excluding hydrogens is 720 g/mol. The number of aromatic nitrogens is 2. The number of ketones is 1. The van der Waals surface area contributed by atoms with Crippen molar-refractivity contribution in [3.05, 3.63) is 60.2 Å². The third kappa shape index (κ3) is 10.2. The highest BCUT2D eigenvalue weighted by Gasteiger charge is 2.61. The summed E-state index contributed by atoms with van der Waals surface area (Å²) in [5.41, 5.74) is 0.555. The van der Waals surface area contributed by atoms with Crippen molar-refractivity contribution in [1.82, 2.24) is 36.1 Å². The molecule has 5 amide bonds. The van der Waals surface area contributed by atoms with Gasteiger partial charge in [-0.25, -0.2) is 18.6 Å². The maximum Gasteiger partial charge on any atom is 0.326 e. The molecular formula is C38H49F2N7O8. The van der Waals surface area contributed by atoms with Gasteiger partial charge in [-0.2, -0.15) is 0 Å². The fourth-order valence-corrected chi connectivity index (χ4v) is 7.18. The van der Waals surface area contributed by atoms with E-state index in [4.69, 9.17) is 0 Å². The van der Waals surface area contributed by atoms with Gasteiger partial charge in [-0.05, 0) is 36.2 Å². The molecule has 0 radical (unpaired) electrons. The number of alkyl halides is 2. The summed E-state index contributed by atoms with van der Waals surface area (Å²) in [6, 6.07) is 1.63. The number of carbonyl (C=O) groups excluding carboxylic acids is 6. The Hall–Kier alpha value is -5.35. The molecule has 17 heteroatoms. The third-order valence-electron chi connectivity index (χ3n) is 10.1. The molecule has 1 saturated carbocycles. The van der Waals surface area contributed by atoms with E-state index >= 15 is 8.78 Å². The van der Waals surface area contributed by atoms with Gasteiger partial charge in [-0.1, -0.05) is 71.4 Å². The van der Waals surface area contributed by atoms with Gasteiger partial charge in [-0.15, -0.1) is 0 Å². The minimum absolute atomic E-state index is 0.0398. The number of aliphatic carboxylic acids is 1. The van der Waals surface area contributed by atoms with Crippen molar-refractivity contribution in [2.75, 3.05) is 6.54 Å². The van der Waals surface area contributed by atoms with Crippen LogP contribution in [0.2, 0.25) is 0 Å². The second-order valence-electron chi connectivity index (χ2n) is 14.8. The van der Waals surface area contributed by atoms with Crippen molar-refractivity contribution in [3.63, 3.8) is 0 Å². The molecule has 1 saturated heterocycles. The van der Waals surface area contributed by atoms with Crippen LogP contribution in [0.4, 0.5) is 8.78 Å². The highest BCUT2D eigenvalue weighted by atomic mass is 19.3. The molecule has 1 aromatic heterocycles. The number of carbonyl (C=O) groups is 7. The smallest absolute Gasteiger partial charge is 0.326 e. The Balaban J connectivity index is 1.54. The van der Waals surface area contributed by atoms with Crippen molar-refractivity contribution in [2.45, 2.75) is 103 Å². The fourth-order valence-electron chi connectivity index (χ4n) is 7.18. The van der Waals surface area contributed by atoms with E-state index < -0.39 is 114 Å². The molecule has 55 heavy (non-hydrogen) atoms. The van der Waals surface area contributed by atoms with E-state index in [2.05, 4.69) is 31.2 Å². The molecule has 15 nitrogen and oxygen atoms in total. The number of likely N-dealkylation sites (tertiary alicyclic amines) is 1. The molecule has 0 spiro atoms. The molecule has 1 aliphatic carbocycles. The van der Waals surface area contributed by atoms with Crippen molar-refractivity contribution in [3.8, 4) is 0 Å². The molecule has 7 atom stereocenters. The summed E-state index contributed by atoms with van der Waals surface area (Å²) in [4.78, 5) is 102. The summed E-state index contributed by atoms with van der Waals surface area (Å²) >= 11 is 0. The second-order valence-corrected chi connectivity index (χ2v) is 14.8. The van der Waals surface area contributed by atoms with Gasteiger partial charge < -0.3 is 31.3 Å². The first-order valence-electron chi connectivity index (χ1n) is 18.4. The zero-order chi connectivity index (χ0) is 40.6. The zero-order valence-electron chi connectivity index (χ0n) is 31.5. The van der Waals surface area contributed by atoms with Crippen LogP contribution in [-0.2, 0) is 35.2 Å². The SMILES string of the molecule is CCCC(NC(=O)C1[C@H]2CCC(F)(F)[C@H]2CN1C(=O)[C@@H](NC(=O)[C@H](NC(=O)c1cnccn1)C(C)C)C(C)C)C(=O)C(=O)N[C@@H](Cc1ccccc1)C(=O)O. The van der Waals surface area contributed by atoms with Gasteiger partial charge in [0.2, 0.25) is 23.5 Å². The van der Waals surface area contributed by atoms with Crippen LogP contribution in [0.25, 0.3) is 0 Å². The minimum atomic E-state index is -3.20. The highest BCUT2D eigenvalue weighted by molar-refractivity contribution is 6.38. The molecule has 2 fully saturated rings. The van der Waals surface area contributed by atoms with E-state index in [9.17, 15) is 38.7 Å². The van der Waals surface area contributed by atoms with Crippen LogP contribution in [0.3, 0.4) is 0 Å². The lowest BCUT2D eigenvalue weighted by Crippen LogP contribution is -2.60. The number of hydrogen-bond donors (Lipinski definition) is 5. The number of hydrogen-bond acceptors (Lipinski definition) is 9. The van der Waals surface area contributed by atoms with Gasteiger partial charge in [0.25, 0.3) is 17.7 Å². The van der Waals surface area contributed by atoms with E-state index in [1.54, 1.807) is 65.0 Å². The first-order chi connectivity index (χ1) is 26.0. The van der Waals surface area contributed by atoms with Crippen molar-refractivity contribution < 1.29 is 47.4 Å². The lowest BCUT2D eigenvalue weighted by Gasteiger charge is -2.34. The topological polar surface area (TPSA) is 217 Å². The average molecular weight is 770 g/mol. The summed E-state index contributed by atoms with van der Waals surface area (Å²) in [5.74, 6) is -13.5. The van der Waals surface area contributed by atoms with Crippen molar-refractivity contribution in [1.29, 1.82) is 0 Å².